The standard InChI is InChI=1S/C14H14F2N2/c1-18-14(9-2-5-11(17)6-3-9)12-7-4-10(15)8-13(12)16/h2-8,14,18H,17H2,1H3. The monoisotopic (exact) mass is 248 g/mol. The minimum atomic E-state index is -0.580. The molecule has 94 valence electrons. The highest BCUT2D eigenvalue weighted by Gasteiger charge is 2.16. The summed E-state index contributed by atoms with van der Waals surface area (Å²) in [4.78, 5) is 0. The molecule has 0 fully saturated rings. The van der Waals surface area contributed by atoms with Gasteiger partial charge >= 0.3 is 0 Å². The van der Waals surface area contributed by atoms with Crippen molar-refractivity contribution in [3.63, 3.8) is 0 Å². The van der Waals surface area contributed by atoms with Crippen molar-refractivity contribution in [1.29, 1.82) is 0 Å². The largest absolute Gasteiger partial charge is 0.399 e. The summed E-state index contributed by atoms with van der Waals surface area (Å²) in [6.07, 6.45) is 0. The molecule has 0 spiro atoms. The molecule has 3 N–H and O–H groups in total. The molecule has 0 saturated carbocycles. The number of hydrogen-bond donors (Lipinski definition) is 2. The van der Waals surface area contributed by atoms with Gasteiger partial charge in [0.15, 0.2) is 0 Å². The molecule has 0 aromatic heterocycles. The quantitative estimate of drug-likeness (QED) is 0.820. The first-order valence-corrected chi connectivity index (χ1v) is 5.59. The van der Waals surface area contributed by atoms with E-state index in [2.05, 4.69) is 5.32 Å². The van der Waals surface area contributed by atoms with Crippen LogP contribution < -0.4 is 11.1 Å². The van der Waals surface area contributed by atoms with E-state index in [9.17, 15) is 8.78 Å². The van der Waals surface area contributed by atoms with Crippen LogP contribution in [0.4, 0.5) is 14.5 Å². The highest BCUT2D eigenvalue weighted by molar-refractivity contribution is 5.42. The van der Waals surface area contributed by atoms with Crippen LogP contribution in [0.15, 0.2) is 42.5 Å². The van der Waals surface area contributed by atoms with Crippen LogP contribution in [0.5, 0.6) is 0 Å². The van der Waals surface area contributed by atoms with Crippen LogP contribution in [0.1, 0.15) is 17.2 Å². The topological polar surface area (TPSA) is 38.0 Å². The number of anilines is 1. The maximum Gasteiger partial charge on any atom is 0.131 e. The van der Waals surface area contributed by atoms with Gasteiger partial charge in [-0.25, -0.2) is 8.78 Å². The zero-order chi connectivity index (χ0) is 13.1. The Morgan fingerprint density at radius 1 is 1.06 bits per heavy atom. The van der Waals surface area contributed by atoms with Gasteiger partial charge in [-0.15, -0.1) is 0 Å². The Bertz CT molecular complexity index is 538. The second-order valence-electron chi connectivity index (χ2n) is 4.05. The van der Waals surface area contributed by atoms with Crippen molar-refractivity contribution in [3.05, 3.63) is 65.2 Å². The van der Waals surface area contributed by atoms with Gasteiger partial charge in [-0.1, -0.05) is 18.2 Å². The van der Waals surface area contributed by atoms with E-state index in [1.807, 2.05) is 12.1 Å². The maximum atomic E-state index is 13.7. The molecule has 2 nitrogen and oxygen atoms in total. The average molecular weight is 248 g/mol. The van der Waals surface area contributed by atoms with E-state index in [1.54, 1.807) is 19.2 Å². The van der Waals surface area contributed by atoms with Gasteiger partial charge in [0.05, 0.1) is 6.04 Å². The minimum absolute atomic E-state index is 0.328. The third-order valence-electron chi connectivity index (χ3n) is 2.83. The summed E-state index contributed by atoms with van der Waals surface area (Å²) in [6.45, 7) is 0. The van der Waals surface area contributed by atoms with Crippen molar-refractivity contribution >= 4 is 5.69 Å². The van der Waals surface area contributed by atoms with Crippen molar-refractivity contribution in [2.45, 2.75) is 6.04 Å². The normalized spacial score (nSPS) is 12.4. The lowest BCUT2D eigenvalue weighted by atomic mass is 9.98. The molecule has 0 radical (unpaired) electrons. The van der Waals surface area contributed by atoms with Gasteiger partial charge in [0.1, 0.15) is 11.6 Å². The second kappa shape index (κ2) is 5.14. The molecule has 1 atom stereocenters. The summed E-state index contributed by atoms with van der Waals surface area (Å²) < 4.78 is 26.6. The van der Waals surface area contributed by atoms with Crippen molar-refractivity contribution in [1.82, 2.24) is 5.32 Å². The number of benzene rings is 2. The predicted octanol–water partition coefficient (Wildman–Crippen LogP) is 2.86. The minimum Gasteiger partial charge on any atom is -0.399 e. The third-order valence-corrected chi connectivity index (χ3v) is 2.83. The molecule has 0 heterocycles. The Labute approximate surface area is 104 Å². The Morgan fingerprint density at radius 2 is 1.72 bits per heavy atom. The fourth-order valence-electron chi connectivity index (χ4n) is 1.93. The van der Waals surface area contributed by atoms with Crippen LogP contribution in [0.25, 0.3) is 0 Å². The second-order valence-corrected chi connectivity index (χ2v) is 4.05. The average Bonchev–Trinajstić information content (AvgIpc) is 2.35. The van der Waals surface area contributed by atoms with Gasteiger partial charge in [0, 0.05) is 17.3 Å². The number of hydrogen-bond acceptors (Lipinski definition) is 2. The van der Waals surface area contributed by atoms with Crippen molar-refractivity contribution in [2.75, 3.05) is 12.8 Å². The summed E-state index contributed by atoms with van der Waals surface area (Å²) in [7, 11) is 1.73. The lowest BCUT2D eigenvalue weighted by Crippen LogP contribution is -2.19. The predicted molar refractivity (Wildman–Crippen MR) is 68.1 cm³/mol. The third kappa shape index (κ3) is 2.49. The fourth-order valence-corrected chi connectivity index (χ4v) is 1.93. The van der Waals surface area contributed by atoms with E-state index in [-0.39, 0.29) is 6.04 Å². The maximum absolute atomic E-state index is 13.7. The van der Waals surface area contributed by atoms with Crippen LogP contribution in [0.3, 0.4) is 0 Å². The zero-order valence-corrected chi connectivity index (χ0v) is 9.95. The van der Waals surface area contributed by atoms with Crippen LogP contribution in [0, 0.1) is 11.6 Å². The Balaban J connectivity index is 2.41. The van der Waals surface area contributed by atoms with E-state index < -0.39 is 11.6 Å². The molecule has 2 aromatic rings. The van der Waals surface area contributed by atoms with Gasteiger partial charge in [0.25, 0.3) is 0 Å². The first-order chi connectivity index (χ1) is 8.61. The van der Waals surface area contributed by atoms with Crippen molar-refractivity contribution in [2.24, 2.45) is 0 Å². The number of rotatable bonds is 3. The lowest BCUT2D eigenvalue weighted by Gasteiger charge is -2.18. The molecule has 0 aliphatic rings. The zero-order valence-electron chi connectivity index (χ0n) is 9.95. The van der Waals surface area contributed by atoms with Crippen LogP contribution >= 0.6 is 0 Å². The molecule has 2 rings (SSSR count). The smallest absolute Gasteiger partial charge is 0.131 e. The summed E-state index contributed by atoms with van der Waals surface area (Å²) in [5, 5.41) is 3.01. The Kier molecular flexibility index (Phi) is 3.58. The molecular weight excluding hydrogens is 234 g/mol. The van der Waals surface area contributed by atoms with Crippen LogP contribution in [-0.2, 0) is 0 Å². The molecule has 0 amide bonds. The number of nitrogen functional groups attached to an aromatic ring is 1. The molecule has 1 unspecified atom stereocenters. The van der Waals surface area contributed by atoms with Crippen LogP contribution in [0.2, 0.25) is 0 Å². The van der Waals surface area contributed by atoms with Gasteiger partial charge < -0.3 is 11.1 Å². The number of halogens is 2. The molecule has 2 aromatic carbocycles. The first kappa shape index (κ1) is 12.5. The molecule has 0 aliphatic heterocycles. The summed E-state index contributed by atoms with van der Waals surface area (Å²) in [5.74, 6) is -1.14. The van der Waals surface area contributed by atoms with Crippen molar-refractivity contribution in [3.8, 4) is 0 Å². The van der Waals surface area contributed by atoms with Gasteiger partial charge in [-0.2, -0.15) is 0 Å². The fraction of sp³-hybridized carbons (Fsp3) is 0.143. The van der Waals surface area contributed by atoms with E-state index in [0.29, 0.717) is 11.3 Å². The highest BCUT2D eigenvalue weighted by Crippen LogP contribution is 2.25. The lowest BCUT2D eigenvalue weighted by molar-refractivity contribution is 0.552. The summed E-state index contributed by atoms with van der Waals surface area (Å²) in [5.41, 5.74) is 7.54. The van der Waals surface area contributed by atoms with Gasteiger partial charge in [-0.05, 0) is 30.8 Å². The van der Waals surface area contributed by atoms with Crippen molar-refractivity contribution < 1.29 is 8.78 Å². The number of nitrogens with two attached hydrogens (primary N) is 1. The van der Waals surface area contributed by atoms with Gasteiger partial charge in [-0.3, -0.25) is 0 Å². The van der Waals surface area contributed by atoms with Crippen LogP contribution in [-0.4, -0.2) is 7.05 Å². The number of nitrogens with one attached hydrogen (secondary N) is 1. The highest BCUT2D eigenvalue weighted by atomic mass is 19.1. The molecule has 0 saturated heterocycles. The summed E-state index contributed by atoms with van der Waals surface area (Å²) >= 11 is 0. The Hall–Kier alpha value is -1.94. The van der Waals surface area contributed by atoms with E-state index in [4.69, 9.17) is 5.73 Å². The van der Waals surface area contributed by atoms with E-state index in [1.165, 1.54) is 12.1 Å². The first-order valence-electron chi connectivity index (χ1n) is 5.59. The van der Waals surface area contributed by atoms with E-state index in [0.717, 1.165) is 11.6 Å². The summed E-state index contributed by atoms with van der Waals surface area (Å²) in [6, 6.07) is 10.4. The molecule has 4 heteroatoms. The molecule has 18 heavy (non-hydrogen) atoms. The SMILES string of the molecule is CNC(c1ccc(N)cc1)c1ccc(F)cc1F. The molecule has 0 aliphatic carbocycles. The Morgan fingerprint density at radius 3 is 2.28 bits per heavy atom. The molecule has 0 bridgehead atoms. The van der Waals surface area contributed by atoms with E-state index >= 15 is 0 Å². The van der Waals surface area contributed by atoms with Gasteiger partial charge in [0.2, 0.25) is 0 Å². The molecular formula is C14H14F2N2.